The molecule has 106 valence electrons. The van der Waals surface area contributed by atoms with E-state index in [2.05, 4.69) is 13.8 Å². The number of sulfonamides is 1. The van der Waals surface area contributed by atoms with E-state index in [1.807, 2.05) is 6.07 Å². The summed E-state index contributed by atoms with van der Waals surface area (Å²) >= 11 is 0. The summed E-state index contributed by atoms with van der Waals surface area (Å²) in [6, 6.07) is 7.10. The highest BCUT2D eigenvalue weighted by Crippen LogP contribution is 2.25. The van der Waals surface area contributed by atoms with Crippen LogP contribution in [0.4, 0.5) is 5.69 Å². The van der Waals surface area contributed by atoms with Crippen molar-refractivity contribution in [2.24, 2.45) is 11.8 Å². The Morgan fingerprint density at radius 2 is 1.89 bits per heavy atom. The van der Waals surface area contributed by atoms with E-state index in [4.69, 9.17) is 5.73 Å². The minimum atomic E-state index is -3.24. The Labute approximate surface area is 115 Å². The number of hydrogen-bond donors (Lipinski definition) is 1. The van der Waals surface area contributed by atoms with Crippen LogP contribution in [0.1, 0.15) is 25.8 Å². The molecule has 2 rings (SSSR count). The molecule has 1 fully saturated rings. The Kier molecular flexibility index (Phi) is 4.16. The molecule has 1 saturated heterocycles. The zero-order valence-corrected chi connectivity index (χ0v) is 12.4. The highest BCUT2D eigenvalue weighted by Gasteiger charge is 2.30. The normalized spacial score (nSPS) is 25.4. The molecule has 2 N–H and O–H groups in total. The van der Waals surface area contributed by atoms with E-state index in [0.29, 0.717) is 30.6 Å². The lowest BCUT2D eigenvalue weighted by atomic mass is 9.94. The van der Waals surface area contributed by atoms with Crippen molar-refractivity contribution in [3.63, 3.8) is 0 Å². The maximum absolute atomic E-state index is 12.4. The summed E-state index contributed by atoms with van der Waals surface area (Å²) in [4.78, 5) is 0. The molecule has 0 saturated carbocycles. The van der Waals surface area contributed by atoms with Crippen molar-refractivity contribution in [3.05, 3.63) is 29.8 Å². The zero-order chi connectivity index (χ0) is 14.0. The molecular weight excluding hydrogens is 260 g/mol. The fourth-order valence-corrected chi connectivity index (χ4v) is 4.56. The molecule has 5 heteroatoms. The van der Waals surface area contributed by atoms with Gasteiger partial charge in [0.15, 0.2) is 0 Å². The molecule has 1 aliphatic rings. The van der Waals surface area contributed by atoms with Gasteiger partial charge < -0.3 is 5.73 Å². The number of nitrogen functional groups attached to an aromatic ring is 1. The van der Waals surface area contributed by atoms with Gasteiger partial charge in [0.05, 0.1) is 5.75 Å². The Bertz CT molecular complexity index is 532. The topological polar surface area (TPSA) is 63.4 Å². The molecule has 19 heavy (non-hydrogen) atoms. The van der Waals surface area contributed by atoms with E-state index in [0.717, 1.165) is 12.0 Å². The van der Waals surface area contributed by atoms with E-state index in [-0.39, 0.29) is 5.75 Å². The molecule has 0 aromatic heterocycles. The average molecular weight is 282 g/mol. The van der Waals surface area contributed by atoms with Gasteiger partial charge in [-0.15, -0.1) is 0 Å². The third kappa shape index (κ3) is 3.70. The number of hydrogen-bond acceptors (Lipinski definition) is 3. The van der Waals surface area contributed by atoms with Gasteiger partial charge in [0, 0.05) is 18.8 Å². The van der Waals surface area contributed by atoms with Crippen LogP contribution in [0.5, 0.6) is 0 Å². The van der Waals surface area contributed by atoms with Crippen LogP contribution in [0.3, 0.4) is 0 Å². The van der Waals surface area contributed by atoms with Crippen molar-refractivity contribution < 1.29 is 8.42 Å². The van der Waals surface area contributed by atoms with Crippen molar-refractivity contribution in [3.8, 4) is 0 Å². The van der Waals surface area contributed by atoms with Gasteiger partial charge in [0.1, 0.15) is 0 Å². The molecule has 0 radical (unpaired) electrons. The molecule has 1 aromatic carbocycles. The van der Waals surface area contributed by atoms with Gasteiger partial charge in [-0.05, 0) is 36.0 Å². The number of rotatable bonds is 3. The van der Waals surface area contributed by atoms with E-state index < -0.39 is 10.0 Å². The van der Waals surface area contributed by atoms with Crippen LogP contribution in [-0.2, 0) is 15.8 Å². The Hall–Kier alpha value is -1.07. The number of nitrogens with two attached hydrogens (primary N) is 1. The van der Waals surface area contributed by atoms with Crippen molar-refractivity contribution in [2.45, 2.75) is 26.0 Å². The average Bonchev–Trinajstić information content (AvgIpc) is 2.26. The number of piperidine rings is 1. The summed E-state index contributed by atoms with van der Waals surface area (Å²) < 4.78 is 26.5. The number of benzene rings is 1. The van der Waals surface area contributed by atoms with Gasteiger partial charge in [-0.25, -0.2) is 12.7 Å². The first-order valence-corrected chi connectivity index (χ1v) is 8.30. The molecular formula is C14H22N2O2S. The molecule has 4 nitrogen and oxygen atoms in total. The van der Waals surface area contributed by atoms with Gasteiger partial charge in [0.25, 0.3) is 0 Å². The minimum absolute atomic E-state index is 0.0392. The molecule has 1 aromatic rings. The monoisotopic (exact) mass is 282 g/mol. The van der Waals surface area contributed by atoms with Crippen LogP contribution < -0.4 is 5.73 Å². The van der Waals surface area contributed by atoms with Crippen LogP contribution in [0, 0.1) is 11.8 Å². The van der Waals surface area contributed by atoms with E-state index in [9.17, 15) is 8.42 Å². The lowest BCUT2D eigenvalue weighted by molar-refractivity contribution is 0.222. The van der Waals surface area contributed by atoms with Gasteiger partial charge in [-0.3, -0.25) is 0 Å². The first-order valence-electron chi connectivity index (χ1n) is 6.69. The second kappa shape index (κ2) is 5.51. The SMILES string of the molecule is C[C@@H]1C[C@@H](C)CN(S(=O)(=O)Cc2cccc(N)c2)C1. The molecule has 1 heterocycles. The summed E-state index contributed by atoms with van der Waals surface area (Å²) in [5, 5.41) is 0. The first-order chi connectivity index (χ1) is 8.87. The molecule has 0 spiro atoms. The fourth-order valence-electron chi connectivity index (χ4n) is 2.82. The van der Waals surface area contributed by atoms with Crippen molar-refractivity contribution in [1.29, 1.82) is 0 Å². The number of nitrogens with zero attached hydrogens (tertiary/aromatic N) is 1. The van der Waals surface area contributed by atoms with Gasteiger partial charge >= 0.3 is 0 Å². The lowest BCUT2D eigenvalue weighted by Gasteiger charge is -2.34. The fraction of sp³-hybridized carbons (Fsp3) is 0.571. The second-order valence-electron chi connectivity index (χ2n) is 5.76. The predicted molar refractivity (Wildman–Crippen MR) is 78.0 cm³/mol. The van der Waals surface area contributed by atoms with Gasteiger partial charge in [0.2, 0.25) is 10.0 Å². The smallest absolute Gasteiger partial charge is 0.218 e. The molecule has 0 aliphatic carbocycles. The van der Waals surface area contributed by atoms with Crippen molar-refractivity contribution in [2.75, 3.05) is 18.8 Å². The maximum atomic E-state index is 12.4. The quantitative estimate of drug-likeness (QED) is 0.863. The van der Waals surface area contributed by atoms with Crippen LogP contribution in [0.15, 0.2) is 24.3 Å². The highest BCUT2D eigenvalue weighted by molar-refractivity contribution is 7.88. The van der Waals surface area contributed by atoms with Crippen molar-refractivity contribution >= 4 is 15.7 Å². The molecule has 1 aliphatic heterocycles. The van der Waals surface area contributed by atoms with Crippen LogP contribution in [0.2, 0.25) is 0 Å². The lowest BCUT2D eigenvalue weighted by Crippen LogP contribution is -2.43. The molecule has 0 unspecified atom stereocenters. The first kappa shape index (κ1) is 14.3. The maximum Gasteiger partial charge on any atom is 0.218 e. The largest absolute Gasteiger partial charge is 0.399 e. The third-order valence-corrected chi connectivity index (χ3v) is 5.31. The van der Waals surface area contributed by atoms with Crippen LogP contribution >= 0.6 is 0 Å². The Balaban J connectivity index is 2.14. The second-order valence-corrected chi connectivity index (χ2v) is 7.73. The summed E-state index contributed by atoms with van der Waals surface area (Å²) in [7, 11) is -3.24. The molecule has 0 amide bonds. The zero-order valence-electron chi connectivity index (χ0n) is 11.5. The van der Waals surface area contributed by atoms with E-state index in [1.54, 1.807) is 22.5 Å². The Morgan fingerprint density at radius 3 is 2.47 bits per heavy atom. The van der Waals surface area contributed by atoms with E-state index in [1.165, 1.54) is 0 Å². The summed E-state index contributed by atoms with van der Waals surface area (Å²) in [5.41, 5.74) is 7.05. The molecule has 0 bridgehead atoms. The standard InChI is InChI=1S/C14H22N2O2S/c1-11-6-12(2)9-16(8-11)19(17,18)10-13-4-3-5-14(15)7-13/h3-5,7,11-12H,6,8-10,15H2,1-2H3/t11-,12-/m1/s1. The summed E-state index contributed by atoms with van der Waals surface area (Å²) in [6.45, 7) is 5.49. The Morgan fingerprint density at radius 1 is 1.26 bits per heavy atom. The highest BCUT2D eigenvalue weighted by atomic mass is 32.2. The van der Waals surface area contributed by atoms with Crippen LogP contribution in [-0.4, -0.2) is 25.8 Å². The van der Waals surface area contributed by atoms with Gasteiger partial charge in [-0.1, -0.05) is 26.0 Å². The third-order valence-electron chi connectivity index (χ3n) is 3.53. The summed E-state index contributed by atoms with van der Waals surface area (Å²) in [5.74, 6) is 0.899. The van der Waals surface area contributed by atoms with Gasteiger partial charge in [-0.2, -0.15) is 0 Å². The molecule has 2 atom stereocenters. The number of anilines is 1. The summed E-state index contributed by atoms with van der Waals surface area (Å²) in [6.07, 6.45) is 1.10. The van der Waals surface area contributed by atoms with Crippen LogP contribution in [0.25, 0.3) is 0 Å². The van der Waals surface area contributed by atoms with Crippen molar-refractivity contribution in [1.82, 2.24) is 4.31 Å². The minimum Gasteiger partial charge on any atom is -0.399 e. The predicted octanol–water partition coefficient (Wildman–Crippen LogP) is 2.08. The van der Waals surface area contributed by atoms with E-state index >= 15 is 0 Å².